The van der Waals surface area contributed by atoms with Gasteiger partial charge in [-0.15, -0.1) is 11.3 Å². The molecule has 18 heavy (non-hydrogen) atoms. The number of carbonyl (C=O) groups excluding carboxylic acids is 1. The Balaban J connectivity index is 2.15. The van der Waals surface area contributed by atoms with Gasteiger partial charge >= 0.3 is 0 Å². The van der Waals surface area contributed by atoms with Crippen LogP contribution >= 0.6 is 11.3 Å². The van der Waals surface area contributed by atoms with Crippen molar-refractivity contribution in [1.29, 1.82) is 0 Å². The number of carbonyl (C=O) groups is 1. The summed E-state index contributed by atoms with van der Waals surface area (Å²) in [5, 5.41) is 5.11. The van der Waals surface area contributed by atoms with E-state index in [9.17, 15) is 4.79 Å². The van der Waals surface area contributed by atoms with Crippen LogP contribution in [0.5, 0.6) is 0 Å². The van der Waals surface area contributed by atoms with Gasteiger partial charge in [0.25, 0.3) is 0 Å². The summed E-state index contributed by atoms with van der Waals surface area (Å²) < 4.78 is 0. The molecule has 0 aliphatic heterocycles. The molecule has 0 fully saturated rings. The van der Waals surface area contributed by atoms with E-state index in [0.717, 1.165) is 11.3 Å². The normalized spacial score (nSPS) is 11.3. The third-order valence-electron chi connectivity index (χ3n) is 2.27. The number of hydrogen-bond donors (Lipinski definition) is 2. The number of nitrogens with zero attached hydrogens (tertiary/aromatic N) is 2. The molecule has 0 radical (unpaired) electrons. The molecule has 1 amide bonds. The Bertz CT molecular complexity index is 545. The van der Waals surface area contributed by atoms with Crippen molar-refractivity contribution in [2.24, 2.45) is 5.73 Å². The van der Waals surface area contributed by atoms with Crippen LogP contribution in [0.3, 0.4) is 0 Å². The van der Waals surface area contributed by atoms with Gasteiger partial charge in [-0.25, -0.2) is 4.98 Å². The molecule has 0 aliphatic carbocycles. The quantitative estimate of drug-likeness (QED) is 0.885. The fourth-order valence-electron chi connectivity index (χ4n) is 1.24. The number of hydrogen-bond acceptors (Lipinski definition) is 5. The molecule has 2 heterocycles. The maximum Gasteiger partial charge on any atom is 0.245 e. The summed E-state index contributed by atoms with van der Waals surface area (Å²) in [4.78, 5) is 20.1. The summed E-state index contributed by atoms with van der Waals surface area (Å²) in [6.07, 6.45) is 3.43. The summed E-state index contributed by atoms with van der Waals surface area (Å²) in [5.41, 5.74) is 6.49. The van der Waals surface area contributed by atoms with E-state index in [1.165, 1.54) is 11.3 Å². The third-order valence-corrected chi connectivity index (χ3v) is 3.02. The van der Waals surface area contributed by atoms with Crippen molar-refractivity contribution in [2.75, 3.05) is 5.32 Å². The second kappa shape index (κ2) is 4.83. The van der Waals surface area contributed by atoms with Gasteiger partial charge in [0.05, 0.1) is 11.2 Å². The highest BCUT2D eigenvalue weighted by molar-refractivity contribution is 7.14. The first-order valence-electron chi connectivity index (χ1n) is 5.43. The van der Waals surface area contributed by atoms with Crippen LogP contribution in [-0.4, -0.2) is 21.4 Å². The number of thiazole rings is 1. The molecule has 6 heteroatoms. The molecule has 0 aromatic carbocycles. The Labute approximate surface area is 109 Å². The summed E-state index contributed by atoms with van der Waals surface area (Å²) >= 11 is 1.36. The Hall–Kier alpha value is -1.79. The standard InChI is InChI=1S/C12H14N4OS/c1-12(2,13)10(17)16-11-15-9(7-18-11)8-4-3-5-14-6-8/h3-7H,13H2,1-2H3,(H,15,16,17). The van der Waals surface area contributed by atoms with E-state index >= 15 is 0 Å². The van der Waals surface area contributed by atoms with Crippen LogP contribution in [0.15, 0.2) is 29.9 Å². The van der Waals surface area contributed by atoms with E-state index < -0.39 is 5.54 Å². The van der Waals surface area contributed by atoms with Crippen LogP contribution < -0.4 is 11.1 Å². The first-order chi connectivity index (χ1) is 8.47. The second-order valence-electron chi connectivity index (χ2n) is 4.46. The number of anilines is 1. The van der Waals surface area contributed by atoms with E-state index in [4.69, 9.17) is 5.73 Å². The van der Waals surface area contributed by atoms with E-state index in [1.54, 1.807) is 26.2 Å². The molecule has 0 atom stereocenters. The molecule has 2 aromatic heterocycles. The topological polar surface area (TPSA) is 80.9 Å². The van der Waals surface area contributed by atoms with Gasteiger partial charge in [0.1, 0.15) is 0 Å². The zero-order chi connectivity index (χ0) is 13.2. The van der Waals surface area contributed by atoms with Crippen molar-refractivity contribution < 1.29 is 4.79 Å². The predicted molar refractivity (Wildman–Crippen MR) is 72.2 cm³/mol. The summed E-state index contributed by atoms with van der Waals surface area (Å²) in [5.74, 6) is -0.255. The van der Waals surface area contributed by atoms with Gasteiger partial charge < -0.3 is 11.1 Å². The van der Waals surface area contributed by atoms with Crippen LogP contribution in [0.25, 0.3) is 11.3 Å². The third kappa shape index (κ3) is 2.91. The minimum atomic E-state index is -0.917. The average Bonchev–Trinajstić information content (AvgIpc) is 2.77. The molecule has 2 aromatic rings. The smallest absolute Gasteiger partial charge is 0.245 e. The molecule has 94 valence electrons. The maximum atomic E-state index is 11.7. The highest BCUT2D eigenvalue weighted by atomic mass is 32.1. The summed E-state index contributed by atoms with van der Waals surface area (Å²) in [6.45, 7) is 3.30. The second-order valence-corrected chi connectivity index (χ2v) is 5.31. The summed E-state index contributed by atoms with van der Waals surface area (Å²) in [7, 11) is 0. The SMILES string of the molecule is CC(C)(N)C(=O)Nc1nc(-c2cccnc2)cs1. The van der Waals surface area contributed by atoms with Gasteiger partial charge in [-0.1, -0.05) is 0 Å². The lowest BCUT2D eigenvalue weighted by Gasteiger charge is -2.16. The van der Waals surface area contributed by atoms with E-state index in [1.807, 2.05) is 17.5 Å². The number of nitrogens with one attached hydrogen (secondary N) is 1. The van der Waals surface area contributed by atoms with Gasteiger partial charge in [-0.2, -0.15) is 0 Å². The zero-order valence-electron chi connectivity index (χ0n) is 10.2. The number of pyridine rings is 1. The lowest BCUT2D eigenvalue weighted by atomic mass is 10.1. The first-order valence-corrected chi connectivity index (χ1v) is 6.31. The van der Waals surface area contributed by atoms with Crippen LogP contribution in [0.2, 0.25) is 0 Å². The highest BCUT2D eigenvalue weighted by Gasteiger charge is 2.22. The fourth-order valence-corrected chi connectivity index (χ4v) is 1.95. The Morgan fingerprint density at radius 3 is 2.89 bits per heavy atom. The fraction of sp³-hybridized carbons (Fsp3) is 0.250. The van der Waals surface area contributed by atoms with Crippen LogP contribution in [0, 0.1) is 0 Å². The number of rotatable bonds is 3. The van der Waals surface area contributed by atoms with Gasteiger partial charge in [0.15, 0.2) is 5.13 Å². The molecule has 2 rings (SSSR count). The van der Waals surface area contributed by atoms with Crippen molar-refractivity contribution in [3.05, 3.63) is 29.9 Å². The molecule has 0 bridgehead atoms. The van der Waals surface area contributed by atoms with E-state index in [2.05, 4.69) is 15.3 Å². The van der Waals surface area contributed by atoms with Gasteiger partial charge in [-0.3, -0.25) is 9.78 Å². The Kier molecular flexibility index (Phi) is 3.40. The lowest BCUT2D eigenvalue weighted by Crippen LogP contribution is -2.45. The van der Waals surface area contributed by atoms with Crippen LogP contribution in [-0.2, 0) is 4.79 Å². The van der Waals surface area contributed by atoms with Crippen molar-refractivity contribution in [3.8, 4) is 11.3 Å². The molecule has 3 N–H and O–H groups in total. The minimum Gasteiger partial charge on any atom is -0.318 e. The molecule has 0 unspecified atom stereocenters. The molecule has 0 spiro atoms. The van der Waals surface area contributed by atoms with E-state index in [0.29, 0.717) is 5.13 Å². The Morgan fingerprint density at radius 2 is 2.28 bits per heavy atom. The number of amides is 1. The first kappa shape index (κ1) is 12.7. The van der Waals surface area contributed by atoms with Gasteiger partial charge in [0, 0.05) is 23.3 Å². The van der Waals surface area contributed by atoms with Crippen molar-refractivity contribution in [3.63, 3.8) is 0 Å². The maximum absolute atomic E-state index is 11.7. The average molecular weight is 262 g/mol. The van der Waals surface area contributed by atoms with Crippen LogP contribution in [0.1, 0.15) is 13.8 Å². The largest absolute Gasteiger partial charge is 0.318 e. The van der Waals surface area contributed by atoms with Gasteiger partial charge in [0.2, 0.25) is 5.91 Å². The van der Waals surface area contributed by atoms with Gasteiger partial charge in [-0.05, 0) is 26.0 Å². The monoisotopic (exact) mass is 262 g/mol. The predicted octanol–water partition coefficient (Wildman–Crippen LogP) is 1.88. The molecular formula is C12H14N4OS. The molecule has 5 nitrogen and oxygen atoms in total. The minimum absolute atomic E-state index is 0.255. The molecular weight excluding hydrogens is 248 g/mol. The van der Waals surface area contributed by atoms with Crippen LogP contribution in [0.4, 0.5) is 5.13 Å². The number of nitrogens with two attached hydrogens (primary N) is 1. The van der Waals surface area contributed by atoms with Crippen molar-refractivity contribution in [2.45, 2.75) is 19.4 Å². The summed E-state index contributed by atoms with van der Waals surface area (Å²) in [6, 6.07) is 3.76. The molecule has 0 saturated carbocycles. The van der Waals surface area contributed by atoms with Crippen molar-refractivity contribution >= 4 is 22.4 Å². The van der Waals surface area contributed by atoms with Crippen molar-refractivity contribution in [1.82, 2.24) is 9.97 Å². The lowest BCUT2D eigenvalue weighted by molar-refractivity contribution is -0.120. The molecule has 0 aliphatic rings. The zero-order valence-corrected chi connectivity index (χ0v) is 11.0. The molecule has 0 saturated heterocycles. The highest BCUT2D eigenvalue weighted by Crippen LogP contribution is 2.24. The number of aromatic nitrogens is 2. The van der Waals surface area contributed by atoms with E-state index in [-0.39, 0.29) is 5.91 Å². The Morgan fingerprint density at radius 1 is 1.50 bits per heavy atom.